The van der Waals surface area contributed by atoms with E-state index in [0.29, 0.717) is 0 Å². The van der Waals surface area contributed by atoms with Gasteiger partial charge in [-0.15, -0.1) is 0 Å². The second-order valence-electron chi connectivity index (χ2n) is 7.05. The fourth-order valence-electron chi connectivity index (χ4n) is 2.99. The number of nitro groups is 2. The van der Waals surface area contributed by atoms with Gasteiger partial charge in [0.15, 0.2) is 0 Å². The van der Waals surface area contributed by atoms with E-state index >= 15 is 0 Å². The van der Waals surface area contributed by atoms with Gasteiger partial charge in [0.25, 0.3) is 11.4 Å². The van der Waals surface area contributed by atoms with Crippen LogP contribution in [0.2, 0.25) is 0 Å². The van der Waals surface area contributed by atoms with Gasteiger partial charge in [-0.1, -0.05) is 0 Å². The molecule has 3 aromatic rings. The van der Waals surface area contributed by atoms with Crippen molar-refractivity contribution in [3.8, 4) is 11.5 Å². The van der Waals surface area contributed by atoms with E-state index in [2.05, 4.69) is 5.32 Å². The molecular weight excluding hydrogens is 512 g/mol. The second kappa shape index (κ2) is 11.1. The third-order valence-corrected chi connectivity index (χ3v) is 4.63. The summed E-state index contributed by atoms with van der Waals surface area (Å²) >= 11 is 0. The highest BCUT2D eigenvalue weighted by atomic mass is 16.6. The number of aromatic carboxylic acids is 2. The molecule has 0 atom stereocenters. The van der Waals surface area contributed by atoms with E-state index in [1.165, 1.54) is 0 Å². The fourth-order valence-corrected chi connectivity index (χ4v) is 2.99. The number of non-ortho nitro benzene ring substituents is 2. The molecule has 3 aromatic carbocycles. The van der Waals surface area contributed by atoms with Crippen molar-refractivity contribution in [1.82, 2.24) is 0 Å². The van der Waals surface area contributed by atoms with Gasteiger partial charge in [0.1, 0.15) is 11.5 Å². The number of anilines is 2. The van der Waals surface area contributed by atoms with Crippen LogP contribution in [-0.4, -0.2) is 44.2 Å². The van der Waals surface area contributed by atoms with E-state index in [4.69, 9.17) is 9.47 Å². The van der Waals surface area contributed by atoms with Crippen LogP contribution >= 0.6 is 0 Å². The largest absolute Gasteiger partial charge is 0.478 e. The Morgan fingerprint density at radius 1 is 0.658 bits per heavy atom. The van der Waals surface area contributed by atoms with E-state index in [1.807, 2.05) is 5.32 Å². The summed E-state index contributed by atoms with van der Waals surface area (Å²) in [4.78, 5) is 68.5. The second-order valence-corrected chi connectivity index (χ2v) is 7.05. The van der Waals surface area contributed by atoms with Gasteiger partial charge in [-0.25, -0.2) is 19.2 Å². The van der Waals surface area contributed by atoms with E-state index in [9.17, 15) is 49.6 Å². The summed E-state index contributed by atoms with van der Waals surface area (Å²) in [7, 11) is 0. The molecule has 0 radical (unpaired) electrons. The number of nitrogens with zero attached hydrogens (tertiary/aromatic N) is 2. The molecule has 16 heteroatoms. The molecule has 0 aliphatic carbocycles. The first kappa shape index (κ1) is 26.5. The fraction of sp³-hybridized carbons (Fsp3) is 0. The Kier molecular flexibility index (Phi) is 7.77. The summed E-state index contributed by atoms with van der Waals surface area (Å²) < 4.78 is 9.94. The van der Waals surface area contributed by atoms with Gasteiger partial charge in [-0.05, 0) is 36.4 Å². The predicted molar refractivity (Wildman–Crippen MR) is 126 cm³/mol. The van der Waals surface area contributed by atoms with Crippen molar-refractivity contribution in [3.05, 3.63) is 92.0 Å². The lowest BCUT2D eigenvalue weighted by atomic mass is 10.0. The molecule has 0 saturated heterocycles. The Labute approximate surface area is 210 Å². The average molecular weight is 526 g/mol. The maximum atomic E-state index is 12.5. The number of rotatable bonds is 8. The van der Waals surface area contributed by atoms with Crippen molar-refractivity contribution in [2.75, 3.05) is 10.6 Å². The minimum atomic E-state index is -1.78. The molecule has 0 aromatic heterocycles. The minimum absolute atomic E-state index is 0.124. The van der Waals surface area contributed by atoms with Gasteiger partial charge in [-0.3, -0.25) is 30.9 Å². The lowest BCUT2D eigenvalue weighted by molar-refractivity contribution is -0.385. The smallest absolute Gasteiger partial charge is 0.417 e. The molecule has 2 amide bonds. The summed E-state index contributed by atoms with van der Waals surface area (Å²) in [6.45, 7) is 0. The Hall–Kier alpha value is -6.06. The van der Waals surface area contributed by atoms with Crippen molar-refractivity contribution in [2.45, 2.75) is 0 Å². The number of carboxylic acid groups (broad SMARTS) is 2. The van der Waals surface area contributed by atoms with Crippen LogP contribution in [0.1, 0.15) is 20.7 Å². The first-order chi connectivity index (χ1) is 18.0. The number of carbonyl (C=O) groups is 4. The normalized spacial score (nSPS) is 10.1. The van der Waals surface area contributed by atoms with Crippen LogP contribution in [0.5, 0.6) is 11.5 Å². The van der Waals surface area contributed by atoms with Crippen LogP contribution in [0.25, 0.3) is 0 Å². The zero-order valence-electron chi connectivity index (χ0n) is 18.6. The van der Waals surface area contributed by atoms with Crippen molar-refractivity contribution < 1.29 is 48.7 Å². The number of carboxylic acids is 2. The maximum Gasteiger partial charge on any atom is 0.417 e. The molecule has 0 spiro atoms. The van der Waals surface area contributed by atoms with E-state index in [-0.39, 0.29) is 22.9 Å². The van der Waals surface area contributed by atoms with Gasteiger partial charge < -0.3 is 19.7 Å². The van der Waals surface area contributed by atoms with Crippen LogP contribution in [0.15, 0.2) is 60.7 Å². The van der Waals surface area contributed by atoms with Crippen LogP contribution in [0, 0.1) is 20.2 Å². The number of carbonyl (C=O) groups excluding carboxylic acids is 2. The summed E-state index contributed by atoms with van der Waals surface area (Å²) in [5, 5.41) is 44.7. The van der Waals surface area contributed by atoms with Crippen molar-refractivity contribution >= 4 is 46.9 Å². The van der Waals surface area contributed by atoms with Crippen molar-refractivity contribution in [1.29, 1.82) is 0 Å². The van der Waals surface area contributed by atoms with Crippen LogP contribution in [-0.2, 0) is 0 Å². The number of hydrogen-bond acceptors (Lipinski definition) is 10. The first-order valence-corrected chi connectivity index (χ1v) is 10.1. The van der Waals surface area contributed by atoms with Crippen LogP contribution in [0.3, 0.4) is 0 Å². The Bertz CT molecular complexity index is 1450. The number of benzene rings is 3. The lowest BCUT2D eigenvalue weighted by Crippen LogP contribution is -2.24. The molecule has 0 saturated carbocycles. The summed E-state index contributed by atoms with van der Waals surface area (Å²) in [5.41, 5.74) is -3.29. The highest BCUT2D eigenvalue weighted by Gasteiger charge is 2.26. The minimum Gasteiger partial charge on any atom is -0.478 e. The molecule has 0 fully saturated rings. The van der Waals surface area contributed by atoms with Gasteiger partial charge in [0.05, 0.1) is 32.3 Å². The first-order valence-electron chi connectivity index (χ1n) is 10.1. The predicted octanol–water partition coefficient (Wildman–Crippen LogP) is 4.12. The summed E-state index contributed by atoms with van der Waals surface area (Å²) in [6.07, 6.45) is -2.54. The maximum absolute atomic E-state index is 12.5. The average Bonchev–Trinajstić information content (AvgIpc) is 2.85. The third-order valence-electron chi connectivity index (χ3n) is 4.63. The number of nitro benzene ring substituents is 2. The Morgan fingerprint density at radius 2 is 1.11 bits per heavy atom. The molecule has 0 heterocycles. The van der Waals surface area contributed by atoms with Gasteiger partial charge in [0.2, 0.25) is 0 Å². The van der Waals surface area contributed by atoms with Crippen molar-refractivity contribution in [2.24, 2.45) is 0 Å². The Morgan fingerprint density at radius 3 is 1.50 bits per heavy atom. The molecule has 0 bridgehead atoms. The molecule has 38 heavy (non-hydrogen) atoms. The summed E-state index contributed by atoms with van der Waals surface area (Å²) in [6, 6.07) is 10.5. The Balaban J connectivity index is 1.89. The zero-order chi connectivity index (χ0) is 28.0. The molecule has 16 nitrogen and oxygen atoms in total. The van der Waals surface area contributed by atoms with Gasteiger partial charge in [-0.2, -0.15) is 0 Å². The number of amides is 2. The molecule has 0 aliphatic heterocycles. The SMILES string of the molecule is O=C(Nc1ccc(C(=O)O)c(C(=O)O)c1NC(=O)Oc1ccc([N+](=O)[O-])cc1)Oc1ccc([N+](=O)[O-])cc1. The van der Waals surface area contributed by atoms with E-state index < -0.39 is 56.5 Å². The topological polar surface area (TPSA) is 238 Å². The quantitative estimate of drug-likeness (QED) is 0.239. The van der Waals surface area contributed by atoms with E-state index in [0.717, 1.165) is 60.7 Å². The molecular formula is C22H14N4O12. The van der Waals surface area contributed by atoms with Gasteiger partial charge >= 0.3 is 24.1 Å². The molecule has 194 valence electrons. The van der Waals surface area contributed by atoms with Gasteiger partial charge in [0, 0.05) is 24.3 Å². The molecule has 0 aliphatic rings. The number of hydrogen-bond donors (Lipinski definition) is 4. The zero-order valence-corrected chi connectivity index (χ0v) is 18.6. The highest BCUT2D eigenvalue weighted by Crippen LogP contribution is 2.31. The third kappa shape index (κ3) is 6.33. The molecule has 4 N–H and O–H groups in total. The van der Waals surface area contributed by atoms with Crippen LogP contribution in [0.4, 0.5) is 32.3 Å². The number of nitrogens with one attached hydrogen (secondary N) is 2. The molecule has 3 rings (SSSR count). The standard InChI is InChI=1S/C22H14N4O12/c27-19(28)15-9-10-16(23-21(31)37-13-5-1-11(2-6-13)25(33)34)18(17(15)20(29)30)24-22(32)38-14-7-3-12(4-8-14)26(35)36/h1-10H,(H,23,31)(H,24,32)(H,27,28)(H,29,30). The van der Waals surface area contributed by atoms with Crippen LogP contribution < -0.4 is 20.1 Å². The molecule has 0 unspecified atom stereocenters. The van der Waals surface area contributed by atoms with E-state index in [1.54, 1.807) is 0 Å². The summed E-state index contributed by atoms with van der Waals surface area (Å²) in [5.74, 6) is -3.73. The number of ether oxygens (including phenoxy) is 2. The monoisotopic (exact) mass is 526 g/mol. The lowest BCUT2D eigenvalue weighted by Gasteiger charge is -2.16. The van der Waals surface area contributed by atoms with Crippen molar-refractivity contribution in [3.63, 3.8) is 0 Å². The highest BCUT2D eigenvalue weighted by molar-refractivity contribution is 6.11.